The van der Waals surface area contributed by atoms with Gasteiger partial charge in [0.1, 0.15) is 0 Å². The molecular formula is C10H9F3N2O2. The van der Waals surface area contributed by atoms with Crippen LogP contribution in [0.4, 0.5) is 23.7 Å². The minimum atomic E-state index is -4.49. The number of hydrogen-bond donors (Lipinski definition) is 3. The molecule has 0 aliphatic carbocycles. The van der Waals surface area contributed by atoms with Crippen LogP contribution < -0.4 is 10.6 Å². The molecule has 2 rings (SSSR count). The number of rotatable bonds is 0. The van der Waals surface area contributed by atoms with E-state index in [9.17, 15) is 23.1 Å². The summed E-state index contributed by atoms with van der Waals surface area (Å²) < 4.78 is 37.7. The summed E-state index contributed by atoms with van der Waals surface area (Å²) in [6.07, 6.45) is -5.92. The van der Waals surface area contributed by atoms with Gasteiger partial charge in [-0.25, -0.2) is 4.79 Å². The van der Waals surface area contributed by atoms with E-state index in [2.05, 4.69) is 10.6 Å². The first-order valence-electron chi connectivity index (χ1n) is 4.76. The van der Waals surface area contributed by atoms with Crippen molar-refractivity contribution in [2.75, 3.05) is 5.32 Å². The lowest BCUT2D eigenvalue weighted by Gasteiger charge is -2.26. The predicted octanol–water partition coefficient (Wildman–Crippen LogP) is 2.14. The van der Waals surface area contributed by atoms with Gasteiger partial charge < -0.3 is 15.7 Å². The lowest BCUT2D eigenvalue weighted by atomic mass is 10.0. The molecule has 1 aromatic carbocycles. The maximum Gasteiger partial charge on any atom is 0.416 e. The van der Waals surface area contributed by atoms with Gasteiger partial charge in [-0.1, -0.05) is 0 Å². The maximum absolute atomic E-state index is 12.6. The van der Waals surface area contributed by atoms with E-state index in [1.165, 1.54) is 6.92 Å². The second-order valence-electron chi connectivity index (χ2n) is 3.76. The quantitative estimate of drug-likeness (QED) is 0.656. The van der Waals surface area contributed by atoms with Crippen molar-refractivity contribution in [1.29, 1.82) is 0 Å². The summed E-state index contributed by atoms with van der Waals surface area (Å²) in [5.74, 6) is 0. The third-order valence-electron chi connectivity index (χ3n) is 2.49. The average molecular weight is 246 g/mol. The topological polar surface area (TPSA) is 61.4 Å². The van der Waals surface area contributed by atoms with Gasteiger partial charge >= 0.3 is 12.2 Å². The number of amides is 2. The highest BCUT2D eigenvalue weighted by atomic mass is 19.4. The van der Waals surface area contributed by atoms with Crippen LogP contribution in [0.1, 0.15) is 22.9 Å². The van der Waals surface area contributed by atoms with E-state index in [4.69, 9.17) is 0 Å². The number of aryl methyl sites for hydroxylation is 1. The van der Waals surface area contributed by atoms with E-state index in [1.807, 2.05) is 0 Å². The summed E-state index contributed by atoms with van der Waals surface area (Å²) >= 11 is 0. The number of fused-ring (bicyclic) bond motifs is 1. The van der Waals surface area contributed by atoms with Gasteiger partial charge in [-0.15, -0.1) is 0 Å². The van der Waals surface area contributed by atoms with Crippen LogP contribution in [0.3, 0.4) is 0 Å². The number of carbonyl (C=O) groups excluding carboxylic acids is 1. The number of urea groups is 1. The molecule has 0 spiro atoms. The molecule has 0 saturated carbocycles. The van der Waals surface area contributed by atoms with Gasteiger partial charge in [-0.05, 0) is 24.6 Å². The Morgan fingerprint density at radius 1 is 1.35 bits per heavy atom. The predicted molar refractivity (Wildman–Crippen MR) is 53.3 cm³/mol. The fraction of sp³-hybridized carbons (Fsp3) is 0.300. The van der Waals surface area contributed by atoms with Crippen molar-refractivity contribution in [3.05, 3.63) is 28.8 Å². The lowest BCUT2D eigenvalue weighted by molar-refractivity contribution is -0.137. The van der Waals surface area contributed by atoms with Gasteiger partial charge in [-0.2, -0.15) is 13.2 Å². The standard InChI is InChI=1S/C10H9F3N2O2/c1-4-2-5(10(11,12)13)3-6-7(4)14-9(17)15-8(6)16/h2-3,8,16H,1H3,(H2,14,15,17). The van der Waals surface area contributed by atoms with Crippen LogP contribution in [-0.4, -0.2) is 11.1 Å². The summed E-state index contributed by atoms with van der Waals surface area (Å²) in [6.45, 7) is 1.44. The van der Waals surface area contributed by atoms with Crippen LogP contribution in [0, 0.1) is 6.92 Å². The van der Waals surface area contributed by atoms with Crippen molar-refractivity contribution in [3.8, 4) is 0 Å². The van der Waals surface area contributed by atoms with Crippen LogP contribution in [0.2, 0.25) is 0 Å². The Hall–Kier alpha value is -1.76. The molecule has 1 aromatic rings. The first kappa shape index (κ1) is 11.7. The number of carbonyl (C=O) groups is 1. The molecule has 7 heteroatoms. The van der Waals surface area contributed by atoms with E-state index in [1.54, 1.807) is 0 Å². The van der Waals surface area contributed by atoms with Crippen molar-refractivity contribution in [2.24, 2.45) is 0 Å². The second kappa shape index (κ2) is 3.63. The second-order valence-corrected chi connectivity index (χ2v) is 3.76. The molecule has 1 aliphatic heterocycles. The highest BCUT2D eigenvalue weighted by Crippen LogP contribution is 2.36. The number of anilines is 1. The molecular weight excluding hydrogens is 237 g/mol. The van der Waals surface area contributed by atoms with E-state index in [0.717, 1.165) is 12.1 Å². The molecule has 4 nitrogen and oxygen atoms in total. The third-order valence-corrected chi connectivity index (χ3v) is 2.49. The number of benzene rings is 1. The van der Waals surface area contributed by atoms with Crippen molar-refractivity contribution in [2.45, 2.75) is 19.3 Å². The highest BCUT2D eigenvalue weighted by Gasteiger charge is 2.34. The van der Waals surface area contributed by atoms with Gasteiger partial charge in [-0.3, -0.25) is 0 Å². The molecule has 0 radical (unpaired) electrons. The van der Waals surface area contributed by atoms with Crippen molar-refractivity contribution < 1.29 is 23.1 Å². The Morgan fingerprint density at radius 3 is 2.59 bits per heavy atom. The molecule has 1 atom stereocenters. The molecule has 0 bridgehead atoms. The average Bonchev–Trinajstić information content (AvgIpc) is 2.17. The van der Waals surface area contributed by atoms with Gasteiger partial charge in [0.05, 0.1) is 11.3 Å². The van der Waals surface area contributed by atoms with Crippen LogP contribution in [-0.2, 0) is 6.18 Å². The number of hydrogen-bond acceptors (Lipinski definition) is 2. The van der Waals surface area contributed by atoms with E-state index < -0.39 is 24.0 Å². The molecule has 0 aromatic heterocycles. The Morgan fingerprint density at radius 2 is 2.00 bits per heavy atom. The number of aliphatic hydroxyl groups is 1. The highest BCUT2D eigenvalue weighted by molar-refractivity contribution is 5.93. The summed E-state index contributed by atoms with van der Waals surface area (Å²) in [4.78, 5) is 11.1. The minimum absolute atomic E-state index is 0.0110. The molecule has 1 heterocycles. The molecule has 0 fully saturated rings. The number of nitrogens with one attached hydrogen (secondary N) is 2. The number of aliphatic hydroxyl groups excluding tert-OH is 1. The zero-order valence-electron chi connectivity index (χ0n) is 8.72. The fourth-order valence-electron chi connectivity index (χ4n) is 1.72. The molecule has 17 heavy (non-hydrogen) atoms. The first-order valence-corrected chi connectivity index (χ1v) is 4.76. The van der Waals surface area contributed by atoms with Gasteiger partial charge in [0, 0.05) is 5.56 Å². The van der Waals surface area contributed by atoms with Crippen molar-refractivity contribution in [1.82, 2.24) is 5.32 Å². The molecule has 3 N–H and O–H groups in total. The van der Waals surface area contributed by atoms with Crippen LogP contribution in [0.25, 0.3) is 0 Å². The summed E-state index contributed by atoms with van der Waals surface area (Å²) in [5, 5.41) is 13.9. The fourth-order valence-corrected chi connectivity index (χ4v) is 1.72. The normalized spacial score (nSPS) is 19.4. The number of alkyl halides is 3. The third kappa shape index (κ3) is 2.05. The molecule has 2 amide bonds. The lowest BCUT2D eigenvalue weighted by Crippen LogP contribution is -2.38. The van der Waals surface area contributed by atoms with Gasteiger partial charge in [0.15, 0.2) is 6.23 Å². The molecule has 1 unspecified atom stereocenters. The Kier molecular flexibility index (Phi) is 2.50. The van der Waals surface area contributed by atoms with Crippen LogP contribution in [0.5, 0.6) is 0 Å². The summed E-state index contributed by atoms with van der Waals surface area (Å²) in [6, 6.07) is 1.10. The van der Waals surface area contributed by atoms with Crippen LogP contribution in [0.15, 0.2) is 12.1 Å². The molecule has 92 valence electrons. The number of halogens is 3. The van der Waals surface area contributed by atoms with Crippen LogP contribution >= 0.6 is 0 Å². The van der Waals surface area contributed by atoms with Crippen molar-refractivity contribution in [3.63, 3.8) is 0 Å². The smallest absolute Gasteiger partial charge is 0.369 e. The monoisotopic (exact) mass is 246 g/mol. The maximum atomic E-state index is 12.6. The van der Waals surface area contributed by atoms with Gasteiger partial charge in [0.25, 0.3) is 0 Å². The SMILES string of the molecule is Cc1cc(C(F)(F)F)cc2c1NC(=O)NC2O. The Bertz CT molecular complexity index is 485. The summed E-state index contributed by atoms with van der Waals surface area (Å²) in [5.41, 5.74) is -0.374. The zero-order valence-corrected chi connectivity index (χ0v) is 8.72. The minimum Gasteiger partial charge on any atom is -0.369 e. The first-order chi connectivity index (χ1) is 7.79. The molecule has 0 saturated heterocycles. The molecule has 1 aliphatic rings. The van der Waals surface area contributed by atoms with E-state index >= 15 is 0 Å². The Labute approximate surface area is 94.4 Å². The van der Waals surface area contributed by atoms with E-state index in [-0.39, 0.29) is 16.8 Å². The van der Waals surface area contributed by atoms with E-state index in [0.29, 0.717) is 0 Å². The van der Waals surface area contributed by atoms with Crippen molar-refractivity contribution >= 4 is 11.7 Å². The summed E-state index contributed by atoms with van der Waals surface area (Å²) in [7, 11) is 0. The Balaban J connectivity index is 2.58. The zero-order chi connectivity index (χ0) is 12.8. The largest absolute Gasteiger partial charge is 0.416 e. The van der Waals surface area contributed by atoms with Gasteiger partial charge in [0.2, 0.25) is 0 Å².